The minimum Gasteiger partial charge on any atom is -0.299 e. The molecule has 1 fully saturated rings. The second-order valence-electron chi connectivity index (χ2n) is 6.82. The van der Waals surface area contributed by atoms with Gasteiger partial charge in [0.15, 0.2) is 0 Å². The predicted octanol–water partition coefficient (Wildman–Crippen LogP) is 3.71. The van der Waals surface area contributed by atoms with Gasteiger partial charge in [-0.05, 0) is 62.8 Å². The molecule has 2 aromatic rings. The number of aromatic nitrogens is 2. The van der Waals surface area contributed by atoms with Crippen LogP contribution in [0.5, 0.6) is 0 Å². The Bertz CT molecular complexity index is 633. The fraction of sp³-hybridized carbons (Fsp3) is 0.526. The zero-order chi connectivity index (χ0) is 16.2. The summed E-state index contributed by atoms with van der Waals surface area (Å²) in [5.41, 5.74) is 3.72. The molecule has 2 heterocycles. The van der Waals surface area contributed by atoms with E-state index in [1.54, 1.807) is 12.1 Å². The van der Waals surface area contributed by atoms with E-state index < -0.39 is 0 Å². The highest BCUT2D eigenvalue weighted by atomic mass is 19.1. The van der Waals surface area contributed by atoms with E-state index in [1.807, 2.05) is 23.9 Å². The van der Waals surface area contributed by atoms with Crippen molar-refractivity contribution in [2.75, 3.05) is 13.1 Å². The van der Waals surface area contributed by atoms with Gasteiger partial charge in [0.2, 0.25) is 0 Å². The molecule has 3 nitrogen and oxygen atoms in total. The maximum atomic E-state index is 13.0. The lowest BCUT2D eigenvalue weighted by atomic mass is 9.91. The number of halogens is 1. The van der Waals surface area contributed by atoms with E-state index in [2.05, 4.69) is 23.1 Å². The summed E-state index contributed by atoms with van der Waals surface area (Å²) in [6.07, 6.45) is 6.95. The van der Waals surface area contributed by atoms with Gasteiger partial charge in [-0.1, -0.05) is 12.1 Å². The van der Waals surface area contributed by atoms with Crippen molar-refractivity contribution in [1.82, 2.24) is 14.7 Å². The van der Waals surface area contributed by atoms with Crippen molar-refractivity contribution in [3.05, 3.63) is 53.1 Å². The normalized spacial score (nSPS) is 19.2. The maximum Gasteiger partial charge on any atom is 0.123 e. The summed E-state index contributed by atoms with van der Waals surface area (Å²) in [7, 11) is 1.98. The average molecular weight is 315 g/mol. The van der Waals surface area contributed by atoms with Gasteiger partial charge in [-0.15, -0.1) is 0 Å². The third-order valence-electron chi connectivity index (χ3n) is 4.87. The van der Waals surface area contributed by atoms with Crippen LogP contribution in [0.1, 0.15) is 36.1 Å². The summed E-state index contributed by atoms with van der Waals surface area (Å²) in [5.74, 6) is 0.593. The van der Waals surface area contributed by atoms with Gasteiger partial charge in [-0.3, -0.25) is 9.58 Å². The van der Waals surface area contributed by atoms with E-state index >= 15 is 0 Å². The number of benzene rings is 1. The van der Waals surface area contributed by atoms with Crippen molar-refractivity contribution >= 4 is 0 Å². The molecular formula is C19H26FN3. The van der Waals surface area contributed by atoms with Crippen LogP contribution >= 0.6 is 0 Å². The largest absolute Gasteiger partial charge is 0.299 e. The summed E-state index contributed by atoms with van der Waals surface area (Å²) in [6.45, 7) is 5.44. The molecule has 0 aliphatic carbocycles. The Labute approximate surface area is 138 Å². The molecule has 0 bridgehead atoms. The molecule has 1 saturated heterocycles. The van der Waals surface area contributed by atoms with Gasteiger partial charge in [-0.25, -0.2) is 4.39 Å². The van der Waals surface area contributed by atoms with Gasteiger partial charge in [0.25, 0.3) is 0 Å². The third kappa shape index (κ3) is 4.41. The first-order valence-electron chi connectivity index (χ1n) is 8.56. The highest BCUT2D eigenvalue weighted by Gasteiger charge is 2.20. The summed E-state index contributed by atoms with van der Waals surface area (Å²) < 4.78 is 14.9. The van der Waals surface area contributed by atoms with E-state index in [0.717, 1.165) is 31.1 Å². The van der Waals surface area contributed by atoms with Crippen LogP contribution in [0.3, 0.4) is 0 Å². The Kier molecular flexibility index (Phi) is 5.11. The van der Waals surface area contributed by atoms with Crippen molar-refractivity contribution in [3.63, 3.8) is 0 Å². The minimum absolute atomic E-state index is 0.149. The van der Waals surface area contributed by atoms with E-state index in [9.17, 15) is 4.39 Å². The molecule has 1 aliphatic heterocycles. The van der Waals surface area contributed by atoms with Crippen LogP contribution in [0.15, 0.2) is 30.5 Å². The van der Waals surface area contributed by atoms with E-state index in [-0.39, 0.29) is 5.82 Å². The Morgan fingerprint density at radius 1 is 1.26 bits per heavy atom. The molecule has 0 spiro atoms. The van der Waals surface area contributed by atoms with Crippen molar-refractivity contribution in [1.29, 1.82) is 0 Å². The summed E-state index contributed by atoms with van der Waals surface area (Å²) in [4.78, 5) is 2.56. The van der Waals surface area contributed by atoms with Gasteiger partial charge in [0.05, 0.1) is 5.69 Å². The van der Waals surface area contributed by atoms with Crippen LogP contribution in [-0.4, -0.2) is 27.8 Å². The second-order valence-corrected chi connectivity index (χ2v) is 6.82. The molecule has 4 heteroatoms. The van der Waals surface area contributed by atoms with Gasteiger partial charge in [0.1, 0.15) is 5.82 Å². The summed E-state index contributed by atoms with van der Waals surface area (Å²) >= 11 is 0. The van der Waals surface area contributed by atoms with Crippen LogP contribution in [0.2, 0.25) is 0 Å². The van der Waals surface area contributed by atoms with E-state index in [0.29, 0.717) is 0 Å². The highest BCUT2D eigenvalue weighted by Crippen LogP contribution is 2.23. The van der Waals surface area contributed by atoms with Crippen LogP contribution in [-0.2, 0) is 20.0 Å². The zero-order valence-corrected chi connectivity index (χ0v) is 14.1. The molecule has 23 heavy (non-hydrogen) atoms. The molecule has 0 amide bonds. The molecular weight excluding hydrogens is 289 g/mol. The molecule has 1 aromatic carbocycles. The summed E-state index contributed by atoms with van der Waals surface area (Å²) in [5, 5.41) is 4.44. The first-order valence-corrected chi connectivity index (χ1v) is 8.56. The molecule has 0 unspecified atom stereocenters. The van der Waals surface area contributed by atoms with Crippen LogP contribution in [0.4, 0.5) is 4.39 Å². The fourth-order valence-corrected chi connectivity index (χ4v) is 3.60. The van der Waals surface area contributed by atoms with Crippen molar-refractivity contribution in [2.24, 2.45) is 13.0 Å². The maximum absolute atomic E-state index is 13.0. The minimum atomic E-state index is -0.149. The van der Waals surface area contributed by atoms with E-state index in [4.69, 9.17) is 0 Å². The fourth-order valence-electron chi connectivity index (χ4n) is 3.60. The van der Waals surface area contributed by atoms with Crippen LogP contribution in [0.25, 0.3) is 0 Å². The first-order chi connectivity index (χ1) is 11.1. The smallest absolute Gasteiger partial charge is 0.123 e. The molecule has 3 rings (SSSR count). The molecule has 0 N–H and O–H groups in total. The Balaban J connectivity index is 1.51. The van der Waals surface area contributed by atoms with Crippen LogP contribution in [0, 0.1) is 18.7 Å². The second kappa shape index (κ2) is 7.26. The number of rotatable bonds is 5. The molecule has 0 radical (unpaired) electrons. The van der Waals surface area contributed by atoms with Crippen molar-refractivity contribution < 1.29 is 4.39 Å². The number of hydrogen-bond donors (Lipinski definition) is 0. The Morgan fingerprint density at radius 3 is 2.74 bits per heavy atom. The molecule has 1 aromatic heterocycles. The number of nitrogens with zero attached hydrogens (tertiary/aromatic N) is 3. The topological polar surface area (TPSA) is 21.1 Å². The third-order valence-corrected chi connectivity index (χ3v) is 4.87. The number of likely N-dealkylation sites (tertiary alicyclic amines) is 1. The average Bonchev–Trinajstić information content (AvgIpc) is 2.85. The van der Waals surface area contributed by atoms with Gasteiger partial charge >= 0.3 is 0 Å². The Morgan fingerprint density at radius 2 is 2.04 bits per heavy atom. The van der Waals surface area contributed by atoms with Crippen LogP contribution < -0.4 is 0 Å². The van der Waals surface area contributed by atoms with Gasteiger partial charge in [0, 0.05) is 31.9 Å². The zero-order valence-electron chi connectivity index (χ0n) is 14.1. The standard InChI is InChI=1S/C19H26FN3/c1-15-18(13-22(2)21-15)14-23-11-3-4-17(12-23)6-5-16-7-9-19(20)10-8-16/h7-10,13,17H,3-6,11-12,14H2,1-2H3/t17-/m0/s1. The van der Waals surface area contributed by atoms with Gasteiger partial charge in [-0.2, -0.15) is 5.10 Å². The quantitative estimate of drug-likeness (QED) is 0.838. The first kappa shape index (κ1) is 16.2. The number of hydrogen-bond acceptors (Lipinski definition) is 2. The SMILES string of the molecule is Cc1nn(C)cc1CN1CCC[C@@H](CCc2ccc(F)cc2)C1. The molecule has 1 atom stereocenters. The summed E-state index contributed by atoms with van der Waals surface area (Å²) in [6, 6.07) is 6.95. The monoisotopic (exact) mass is 315 g/mol. The van der Waals surface area contributed by atoms with Crippen molar-refractivity contribution in [2.45, 2.75) is 39.2 Å². The lowest BCUT2D eigenvalue weighted by Gasteiger charge is -2.32. The molecule has 0 saturated carbocycles. The Hall–Kier alpha value is -1.68. The van der Waals surface area contributed by atoms with E-state index in [1.165, 1.54) is 36.9 Å². The predicted molar refractivity (Wildman–Crippen MR) is 90.7 cm³/mol. The number of piperidine rings is 1. The number of aryl methyl sites for hydroxylation is 3. The molecule has 124 valence electrons. The van der Waals surface area contributed by atoms with Gasteiger partial charge < -0.3 is 0 Å². The highest BCUT2D eigenvalue weighted by molar-refractivity contribution is 5.16. The molecule has 1 aliphatic rings. The lowest BCUT2D eigenvalue weighted by molar-refractivity contribution is 0.161. The lowest BCUT2D eigenvalue weighted by Crippen LogP contribution is -2.35. The van der Waals surface area contributed by atoms with Crippen molar-refractivity contribution in [3.8, 4) is 0 Å².